The summed E-state index contributed by atoms with van der Waals surface area (Å²) in [7, 11) is -2.26. The van der Waals surface area contributed by atoms with Crippen molar-refractivity contribution in [2.45, 2.75) is 11.3 Å². The number of ether oxygens (including phenoxy) is 1. The van der Waals surface area contributed by atoms with E-state index in [9.17, 15) is 8.42 Å². The van der Waals surface area contributed by atoms with E-state index in [1.54, 1.807) is 12.1 Å². The molecular weight excluding hydrogens is 342 g/mol. The Bertz CT molecular complexity index is 545. The molecule has 0 saturated carbocycles. The van der Waals surface area contributed by atoms with Crippen LogP contribution in [0.5, 0.6) is 5.75 Å². The summed E-state index contributed by atoms with van der Waals surface area (Å²) in [6.45, 7) is 3.80. The lowest BCUT2D eigenvalue weighted by Gasteiger charge is -2.12. The highest BCUT2D eigenvalue weighted by molar-refractivity contribution is 9.10. The van der Waals surface area contributed by atoms with Gasteiger partial charge in [-0.3, -0.25) is 0 Å². The number of sulfonamides is 1. The number of halogens is 2. The lowest BCUT2D eigenvalue weighted by atomic mass is 10.3. The predicted octanol–water partition coefficient (Wildman–Crippen LogP) is 2.97. The highest BCUT2D eigenvalue weighted by Crippen LogP contribution is 2.35. The van der Waals surface area contributed by atoms with E-state index in [1.165, 1.54) is 13.2 Å². The standard InChI is InChI=1S/C11H13BrClNO3S/c1-3-4-5-14-18(15,16)10-7-8(13)6-9(12)11(10)17-2/h3,6-7,14H,1,4-5H2,2H3. The van der Waals surface area contributed by atoms with Crippen LogP contribution in [0.2, 0.25) is 5.02 Å². The Morgan fingerprint density at radius 1 is 1.56 bits per heavy atom. The smallest absolute Gasteiger partial charge is 0.244 e. The minimum absolute atomic E-state index is 0.00781. The van der Waals surface area contributed by atoms with Gasteiger partial charge < -0.3 is 4.74 Å². The van der Waals surface area contributed by atoms with Crippen LogP contribution in [0.25, 0.3) is 0 Å². The number of rotatable bonds is 6. The monoisotopic (exact) mass is 353 g/mol. The molecule has 0 radical (unpaired) electrons. The van der Waals surface area contributed by atoms with E-state index in [0.717, 1.165) is 0 Å². The van der Waals surface area contributed by atoms with Crippen molar-refractivity contribution >= 4 is 37.6 Å². The summed E-state index contributed by atoms with van der Waals surface area (Å²) >= 11 is 9.07. The first-order valence-electron chi connectivity index (χ1n) is 5.06. The zero-order valence-electron chi connectivity index (χ0n) is 9.74. The van der Waals surface area contributed by atoms with Crippen molar-refractivity contribution in [3.63, 3.8) is 0 Å². The molecule has 7 heteroatoms. The second-order valence-electron chi connectivity index (χ2n) is 3.39. The van der Waals surface area contributed by atoms with Gasteiger partial charge in [-0.1, -0.05) is 17.7 Å². The van der Waals surface area contributed by atoms with Gasteiger partial charge in [-0.05, 0) is 34.5 Å². The van der Waals surface area contributed by atoms with Gasteiger partial charge in [0.2, 0.25) is 10.0 Å². The van der Waals surface area contributed by atoms with Crippen molar-refractivity contribution in [3.05, 3.63) is 34.3 Å². The molecule has 1 N–H and O–H groups in total. The van der Waals surface area contributed by atoms with Gasteiger partial charge in [0, 0.05) is 11.6 Å². The van der Waals surface area contributed by atoms with Gasteiger partial charge in [0.1, 0.15) is 4.90 Å². The number of hydrogen-bond acceptors (Lipinski definition) is 3. The van der Waals surface area contributed by atoms with Crippen LogP contribution < -0.4 is 9.46 Å². The first-order chi connectivity index (χ1) is 8.42. The highest BCUT2D eigenvalue weighted by Gasteiger charge is 2.21. The van der Waals surface area contributed by atoms with Gasteiger partial charge in [0.05, 0.1) is 11.6 Å². The molecule has 0 aliphatic rings. The molecule has 0 aliphatic carbocycles. The van der Waals surface area contributed by atoms with Crippen molar-refractivity contribution in [3.8, 4) is 5.75 Å². The second kappa shape index (κ2) is 6.56. The van der Waals surface area contributed by atoms with E-state index in [1.807, 2.05) is 0 Å². The van der Waals surface area contributed by atoms with Crippen LogP contribution >= 0.6 is 27.5 Å². The van der Waals surface area contributed by atoms with Crippen LogP contribution in [0.1, 0.15) is 6.42 Å². The Hall–Kier alpha value is -0.560. The van der Waals surface area contributed by atoms with Crippen LogP contribution in [-0.2, 0) is 10.0 Å². The van der Waals surface area contributed by atoms with Gasteiger partial charge in [-0.2, -0.15) is 0 Å². The molecule has 100 valence electrons. The van der Waals surface area contributed by atoms with Gasteiger partial charge >= 0.3 is 0 Å². The molecule has 18 heavy (non-hydrogen) atoms. The van der Waals surface area contributed by atoms with E-state index >= 15 is 0 Å². The maximum atomic E-state index is 12.1. The minimum Gasteiger partial charge on any atom is -0.494 e. The van der Waals surface area contributed by atoms with Gasteiger partial charge in [-0.15, -0.1) is 6.58 Å². The summed E-state index contributed by atoms with van der Waals surface area (Å²) in [6, 6.07) is 2.92. The normalized spacial score (nSPS) is 11.3. The molecule has 0 atom stereocenters. The fraction of sp³-hybridized carbons (Fsp3) is 0.273. The quantitative estimate of drug-likeness (QED) is 0.631. The van der Waals surface area contributed by atoms with Crippen LogP contribution in [-0.4, -0.2) is 22.1 Å². The molecule has 0 spiro atoms. The Kier molecular flexibility index (Phi) is 5.65. The van der Waals surface area contributed by atoms with Crippen LogP contribution in [0.4, 0.5) is 0 Å². The number of methoxy groups -OCH3 is 1. The lowest BCUT2D eigenvalue weighted by Crippen LogP contribution is -2.25. The molecule has 1 rings (SSSR count). The molecule has 4 nitrogen and oxygen atoms in total. The second-order valence-corrected chi connectivity index (χ2v) is 6.42. The number of hydrogen-bond donors (Lipinski definition) is 1. The fourth-order valence-electron chi connectivity index (χ4n) is 1.31. The molecule has 0 fully saturated rings. The molecule has 0 saturated heterocycles. The first-order valence-corrected chi connectivity index (χ1v) is 7.71. The maximum absolute atomic E-state index is 12.1. The molecule has 0 bridgehead atoms. The average Bonchev–Trinajstić information content (AvgIpc) is 2.28. The van der Waals surface area contributed by atoms with Crippen molar-refractivity contribution < 1.29 is 13.2 Å². The fourth-order valence-corrected chi connectivity index (χ4v) is 3.74. The summed E-state index contributed by atoms with van der Waals surface area (Å²) in [6.07, 6.45) is 2.18. The Morgan fingerprint density at radius 3 is 2.78 bits per heavy atom. The molecule has 1 aromatic rings. The topological polar surface area (TPSA) is 55.4 Å². The lowest BCUT2D eigenvalue weighted by molar-refractivity contribution is 0.399. The summed E-state index contributed by atoms with van der Waals surface area (Å²) in [5.41, 5.74) is 0. The van der Waals surface area contributed by atoms with E-state index in [0.29, 0.717) is 15.9 Å². The van der Waals surface area contributed by atoms with E-state index in [-0.39, 0.29) is 17.2 Å². The van der Waals surface area contributed by atoms with Gasteiger partial charge in [0.25, 0.3) is 0 Å². The largest absolute Gasteiger partial charge is 0.494 e. The molecule has 0 aliphatic heterocycles. The number of benzene rings is 1. The minimum atomic E-state index is -3.66. The highest BCUT2D eigenvalue weighted by atomic mass is 79.9. The summed E-state index contributed by atoms with van der Waals surface area (Å²) in [5.74, 6) is 0.227. The van der Waals surface area contributed by atoms with Crippen molar-refractivity contribution in [2.75, 3.05) is 13.7 Å². The third-order valence-electron chi connectivity index (χ3n) is 2.11. The maximum Gasteiger partial charge on any atom is 0.244 e. The third kappa shape index (κ3) is 3.71. The van der Waals surface area contributed by atoms with E-state index in [4.69, 9.17) is 16.3 Å². The molecule has 0 aromatic heterocycles. The average molecular weight is 355 g/mol. The molecule has 1 aromatic carbocycles. The first kappa shape index (κ1) is 15.5. The zero-order valence-corrected chi connectivity index (χ0v) is 12.9. The van der Waals surface area contributed by atoms with Crippen LogP contribution in [0, 0.1) is 0 Å². The molecule has 0 unspecified atom stereocenters. The van der Waals surface area contributed by atoms with Crippen LogP contribution in [0.15, 0.2) is 34.2 Å². The summed E-state index contributed by atoms with van der Waals surface area (Å²) in [4.78, 5) is 0.00781. The molecule has 0 amide bonds. The third-order valence-corrected chi connectivity index (χ3v) is 4.38. The van der Waals surface area contributed by atoms with Gasteiger partial charge in [0.15, 0.2) is 5.75 Å². The van der Waals surface area contributed by atoms with Gasteiger partial charge in [-0.25, -0.2) is 13.1 Å². The zero-order chi connectivity index (χ0) is 13.8. The van der Waals surface area contributed by atoms with Crippen LogP contribution in [0.3, 0.4) is 0 Å². The SMILES string of the molecule is C=CCCNS(=O)(=O)c1cc(Cl)cc(Br)c1OC. The van der Waals surface area contributed by atoms with E-state index < -0.39 is 10.0 Å². The van der Waals surface area contributed by atoms with E-state index in [2.05, 4.69) is 27.2 Å². The van der Waals surface area contributed by atoms with Crippen molar-refractivity contribution in [2.24, 2.45) is 0 Å². The van der Waals surface area contributed by atoms with Crippen molar-refractivity contribution in [1.82, 2.24) is 4.72 Å². The molecule has 0 heterocycles. The molecular formula is C11H13BrClNO3S. The summed E-state index contributed by atoms with van der Waals surface area (Å²) in [5, 5.41) is 0.312. The van der Waals surface area contributed by atoms with Crippen molar-refractivity contribution in [1.29, 1.82) is 0 Å². The Labute approximate surface area is 120 Å². The predicted molar refractivity (Wildman–Crippen MR) is 75.7 cm³/mol. The number of nitrogens with one attached hydrogen (secondary N) is 1. The summed E-state index contributed by atoms with van der Waals surface area (Å²) < 4.78 is 32.2. The Morgan fingerprint density at radius 2 is 2.22 bits per heavy atom. The Balaban J connectivity index is 3.18.